The normalized spacial score (nSPS) is 43.4. The lowest BCUT2D eigenvalue weighted by molar-refractivity contribution is -0.182. The summed E-state index contributed by atoms with van der Waals surface area (Å²) in [6.07, 6.45) is 5.74. The Morgan fingerprint density at radius 3 is 2.45 bits per heavy atom. The first kappa shape index (κ1) is 23.8. The van der Waals surface area contributed by atoms with Gasteiger partial charge in [-0.1, -0.05) is 19.4 Å². The highest BCUT2D eigenvalue weighted by Gasteiger charge is 2.68. The van der Waals surface area contributed by atoms with Crippen molar-refractivity contribution in [3.8, 4) is 0 Å². The number of fused-ring (bicyclic) bond motifs is 5. The average molecular weight is 439 g/mol. The second-order valence-electron chi connectivity index (χ2n) is 10.0. The molecule has 0 aromatic heterocycles. The van der Waals surface area contributed by atoms with Crippen LogP contribution < -0.4 is 11.2 Å². The highest BCUT2D eigenvalue weighted by Crippen LogP contribution is 2.67. The Bertz CT molecular complexity index is 799. The minimum atomic E-state index is -1.54. The van der Waals surface area contributed by atoms with Crippen LogP contribution >= 0.6 is 0 Å². The van der Waals surface area contributed by atoms with Crippen molar-refractivity contribution < 1.29 is 34.9 Å². The van der Waals surface area contributed by atoms with Crippen LogP contribution in [0.25, 0.3) is 0 Å². The number of rotatable bonds is 2. The maximum absolute atomic E-state index is 12.4. The molecule has 9 heteroatoms. The predicted molar refractivity (Wildman–Crippen MR) is 110 cm³/mol. The predicted octanol–water partition coefficient (Wildman–Crippen LogP) is 0.826. The number of aliphatic hydroxyl groups is 3. The molecule has 0 radical (unpaired) electrons. The minimum absolute atomic E-state index is 0.0697. The number of amides is 2. The zero-order valence-corrected chi connectivity index (χ0v) is 18.1. The molecule has 4 aliphatic carbocycles. The second kappa shape index (κ2) is 8.27. The Kier molecular flexibility index (Phi) is 6.36. The number of carbonyl (C=O) groups is 3. The van der Waals surface area contributed by atoms with E-state index < -0.39 is 35.5 Å². The summed E-state index contributed by atoms with van der Waals surface area (Å²) < 4.78 is 0. The third-order valence-electron chi connectivity index (χ3n) is 8.76. The van der Waals surface area contributed by atoms with Gasteiger partial charge in [-0.25, -0.2) is 10.3 Å². The summed E-state index contributed by atoms with van der Waals surface area (Å²) in [7, 11) is 0. The number of nitrogens with one attached hydrogen (secondary N) is 1. The summed E-state index contributed by atoms with van der Waals surface area (Å²) in [4.78, 5) is 33.5. The van der Waals surface area contributed by atoms with Crippen molar-refractivity contribution in [3.63, 3.8) is 0 Å². The van der Waals surface area contributed by atoms with Gasteiger partial charge in [0.15, 0.2) is 11.6 Å². The maximum Gasteiger partial charge on any atom is 0.335 e. The standard InChI is InChI=1S/C21H30O5.CH4N2O2/c1-19-7-5-13(23)9-12(19)3-4-14-15-6-8-21(26,17(25)11-22)20(15,2)10-16(24)18(14)19;2-1(4)3-5/h9,14-16,18,22,24,26H,3-8,10-11H2,1-2H3;5H,(H3,2,3,4)/t14-,15-,16-,18+,19-,20-,21-;/m0./s1. The number of carbonyl (C=O) groups excluding carboxylic acids is 3. The van der Waals surface area contributed by atoms with E-state index in [2.05, 4.69) is 12.7 Å². The largest absolute Gasteiger partial charge is 0.393 e. The second-order valence-corrected chi connectivity index (χ2v) is 10.0. The molecule has 0 bridgehead atoms. The van der Waals surface area contributed by atoms with Gasteiger partial charge in [0.1, 0.15) is 12.2 Å². The smallest absolute Gasteiger partial charge is 0.335 e. The monoisotopic (exact) mass is 438 g/mol. The number of aliphatic hydroxyl groups excluding tert-OH is 2. The van der Waals surface area contributed by atoms with E-state index >= 15 is 0 Å². The molecule has 0 aliphatic heterocycles. The number of hydrogen-bond acceptors (Lipinski definition) is 7. The summed E-state index contributed by atoms with van der Waals surface area (Å²) in [6, 6.07) is -0.940. The molecule has 7 atom stereocenters. The van der Waals surface area contributed by atoms with Crippen molar-refractivity contribution in [3.05, 3.63) is 11.6 Å². The average Bonchev–Trinajstić information content (AvgIpc) is 2.99. The third-order valence-corrected chi connectivity index (χ3v) is 8.76. The van der Waals surface area contributed by atoms with Crippen LogP contribution in [-0.2, 0) is 9.59 Å². The van der Waals surface area contributed by atoms with Crippen molar-refractivity contribution in [2.75, 3.05) is 6.61 Å². The summed E-state index contributed by atoms with van der Waals surface area (Å²) in [5.74, 6) is 0.140. The molecule has 7 N–H and O–H groups in total. The lowest BCUT2D eigenvalue weighted by atomic mass is 9.45. The van der Waals surface area contributed by atoms with Crippen molar-refractivity contribution in [1.82, 2.24) is 5.48 Å². The van der Waals surface area contributed by atoms with Crippen LogP contribution in [0.2, 0.25) is 0 Å². The van der Waals surface area contributed by atoms with E-state index in [1.54, 1.807) is 6.08 Å². The highest BCUT2D eigenvalue weighted by molar-refractivity contribution is 5.91. The topological polar surface area (TPSA) is 170 Å². The molecule has 0 saturated heterocycles. The Morgan fingerprint density at radius 1 is 1.23 bits per heavy atom. The molecule has 4 aliphatic rings. The number of urea groups is 1. The lowest BCUT2D eigenvalue weighted by Gasteiger charge is -2.60. The Labute approximate surface area is 181 Å². The first-order valence-electron chi connectivity index (χ1n) is 10.9. The van der Waals surface area contributed by atoms with Crippen molar-refractivity contribution in [2.45, 2.75) is 70.5 Å². The van der Waals surface area contributed by atoms with Gasteiger partial charge in [0.2, 0.25) is 0 Å². The van der Waals surface area contributed by atoms with Crippen LogP contribution in [-0.4, -0.2) is 56.4 Å². The zero-order chi connectivity index (χ0) is 23.2. The summed E-state index contributed by atoms with van der Waals surface area (Å²) in [5.41, 5.74) is 4.23. The fourth-order valence-electron chi connectivity index (χ4n) is 7.28. The van der Waals surface area contributed by atoms with Gasteiger partial charge >= 0.3 is 6.03 Å². The summed E-state index contributed by atoms with van der Waals surface area (Å²) in [5, 5.41) is 39.1. The minimum Gasteiger partial charge on any atom is -0.393 e. The first-order chi connectivity index (χ1) is 14.4. The number of Topliss-reactive ketones (excluding diaryl/α,β-unsaturated/α-hetero) is 1. The number of nitrogens with two attached hydrogens (primary N) is 1. The molecule has 4 rings (SSSR count). The van der Waals surface area contributed by atoms with Crippen LogP contribution in [0, 0.1) is 28.6 Å². The molecule has 0 heterocycles. The Balaban J connectivity index is 0.000000491. The molecule has 0 aromatic carbocycles. The fourth-order valence-corrected chi connectivity index (χ4v) is 7.28. The van der Waals surface area contributed by atoms with Crippen LogP contribution in [0.4, 0.5) is 4.79 Å². The molecule has 2 amide bonds. The van der Waals surface area contributed by atoms with Gasteiger partial charge in [-0.2, -0.15) is 0 Å². The molecular formula is C22H34N2O7. The van der Waals surface area contributed by atoms with Gasteiger partial charge in [-0.15, -0.1) is 0 Å². The van der Waals surface area contributed by atoms with E-state index in [0.29, 0.717) is 19.3 Å². The number of hydrogen-bond donors (Lipinski definition) is 6. The quantitative estimate of drug-likeness (QED) is 0.274. The van der Waals surface area contributed by atoms with Crippen LogP contribution in [0.1, 0.15) is 58.8 Å². The molecule has 174 valence electrons. The summed E-state index contributed by atoms with van der Waals surface area (Å²) in [6.45, 7) is 3.46. The molecule has 3 saturated carbocycles. The van der Waals surface area contributed by atoms with E-state index in [9.17, 15) is 29.7 Å². The first-order valence-corrected chi connectivity index (χ1v) is 10.9. The number of ketones is 2. The maximum atomic E-state index is 12.4. The van der Waals surface area contributed by atoms with Crippen LogP contribution in [0.15, 0.2) is 11.6 Å². The van der Waals surface area contributed by atoms with Crippen LogP contribution in [0.3, 0.4) is 0 Å². The third kappa shape index (κ3) is 3.61. The van der Waals surface area contributed by atoms with Gasteiger partial charge in [0, 0.05) is 11.8 Å². The van der Waals surface area contributed by atoms with Gasteiger partial charge < -0.3 is 21.1 Å². The van der Waals surface area contributed by atoms with Crippen molar-refractivity contribution >= 4 is 17.6 Å². The van der Waals surface area contributed by atoms with E-state index in [1.165, 1.54) is 11.1 Å². The zero-order valence-electron chi connectivity index (χ0n) is 18.1. The number of hydroxylamine groups is 1. The van der Waals surface area contributed by atoms with Gasteiger partial charge in [0.05, 0.1) is 6.10 Å². The summed E-state index contributed by atoms with van der Waals surface area (Å²) >= 11 is 0. The molecule has 31 heavy (non-hydrogen) atoms. The van der Waals surface area contributed by atoms with Gasteiger partial charge in [0.25, 0.3) is 0 Å². The Morgan fingerprint density at radius 2 is 1.87 bits per heavy atom. The fraction of sp³-hybridized carbons (Fsp3) is 0.773. The highest BCUT2D eigenvalue weighted by atomic mass is 16.5. The lowest BCUT2D eigenvalue weighted by Crippen LogP contribution is -2.62. The van der Waals surface area contributed by atoms with E-state index in [0.717, 1.165) is 25.7 Å². The van der Waals surface area contributed by atoms with E-state index in [-0.39, 0.29) is 29.0 Å². The van der Waals surface area contributed by atoms with Crippen molar-refractivity contribution in [1.29, 1.82) is 0 Å². The van der Waals surface area contributed by atoms with E-state index in [4.69, 9.17) is 5.21 Å². The van der Waals surface area contributed by atoms with Gasteiger partial charge in [-0.3, -0.25) is 14.8 Å². The number of allylic oxidation sites excluding steroid dienone is 1. The molecule has 0 unspecified atom stereocenters. The molecule has 0 spiro atoms. The van der Waals surface area contributed by atoms with Crippen LogP contribution in [0.5, 0.6) is 0 Å². The van der Waals surface area contributed by atoms with Gasteiger partial charge in [-0.05, 0) is 67.8 Å². The molecular weight excluding hydrogens is 404 g/mol. The molecule has 0 aromatic rings. The van der Waals surface area contributed by atoms with E-state index in [1.807, 2.05) is 6.92 Å². The molecule has 9 nitrogen and oxygen atoms in total. The van der Waals surface area contributed by atoms with Crippen molar-refractivity contribution in [2.24, 2.45) is 34.3 Å². The molecule has 3 fully saturated rings. The Hall–Kier alpha value is -1.81. The number of primary amides is 1. The SMILES string of the molecule is C[C@]12CCC(=O)C=C1CC[C@@H]1[C@@H]2[C@@H](O)C[C@@]2(C)[C@H]1CC[C@]2(O)C(=O)CO.NC(=O)NO.